The van der Waals surface area contributed by atoms with E-state index in [2.05, 4.69) is 114 Å². The second-order valence-corrected chi connectivity index (χ2v) is 10.2. The summed E-state index contributed by atoms with van der Waals surface area (Å²) in [4.78, 5) is 2.23. The molecule has 0 saturated carbocycles. The predicted molar refractivity (Wildman–Crippen MR) is 149 cm³/mol. The summed E-state index contributed by atoms with van der Waals surface area (Å²) in [6, 6.07) is 28.9. The van der Waals surface area contributed by atoms with E-state index in [-0.39, 0.29) is 0 Å². The highest BCUT2D eigenvalue weighted by Gasteiger charge is 2.19. The first-order valence-corrected chi connectivity index (χ1v) is 12.6. The number of hydrogen-bond donors (Lipinski definition) is 0. The Balaban J connectivity index is 1.53. The first kappa shape index (κ1) is 19.6. The van der Waals surface area contributed by atoms with Gasteiger partial charge in [0.2, 0.25) is 0 Å². The van der Waals surface area contributed by atoms with Crippen molar-refractivity contribution in [2.45, 2.75) is 12.8 Å². The van der Waals surface area contributed by atoms with Crippen molar-refractivity contribution in [2.24, 2.45) is 0 Å². The van der Waals surface area contributed by atoms with Gasteiger partial charge in [-0.25, -0.2) is 0 Å². The van der Waals surface area contributed by atoms with Gasteiger partial charge in [0.1, 0.15) is 0 Å². The Labute approximate surface area is 202 Å². The minimum absolute atomic E-state index is 0.997. The molecule has 7 rings (SSSR count). The van der Waals surface area contributed by atoms with Crippen LogP contribution in [0.15, 0.2) is 97.7 Å². The molecule has 0 bridgehead atoms. The van der Waals surface area contributed by atoms with Gasteiger partial charge in [0.25, 0.3) is 0 Å². The smallest absolute Gasteiger partial charge is 0.0541 e. The van der Waals surface area contributed by atoms with Crippen LogP contribution in [-0.4, -0.2) is 11.6 Å². The third kappa shape index (κ3) is 2.74. The summed E-state index contributed by atoms with van der Waals surface area (Å²) in [6.07, 6.45) is 6.45. The van der Waals surface area contributed by atoms with Crippen LogP contribution in [-0.2, 0) is 0 Å². The third-order valence-corrected chi connectivity index (χ3v) is 8.32. The van der Waals surface area contributed by atoms with Crippen molar-refractivity contribution in [3.63, 3.8) is 0 Å². The molecule has 0 atom stereocenters. The number of nitrogens with zero attached hydrogens (tertiary/aromatic N) is 2. The van der Waals surface area contributed by atoms with Crippen LogP contribution in [0.3, 0.4) is 0 Å². The quantitative estimate of drug-likeness (QED) is 0.240. The Morgan fingerprint density at radius 1 is 0.794 bits per heavy atom. The summed E-state index contributed by atoms with van der Waals surface area (Å²) in [5.41, 5.74) is 7.47. The van der Waals surface area contributed by atoms with Crippen LogP contribution in [0.4, 0.5) is 5.69 Å². The zero-order valence-corrected chi connectivity index (χ0v) is 19.9. The second-order valence-electron chi connectivity index (χ2n) is 9.13. The molecule has 0 N–H and O–H groups in total. The summed E-state index contributed by atoms with van der Waals surface area (Å²) in [5, 5.41) is 5.22. The van der Waals surface area contributed by atoms with Crippen LogP contribution in [0.1, 0.15) is 18.4 Å². The molecule has 3 heterocycles. The van der Waals surface area contributed by atoms with Gasteiger partial charge in [-0.3, -0.25) is 0 Å². The third-order valence-electron chi connectivity index (χ3n) is 7.11. The van der Waals surface area contributed by atoms with Crippen LogP contribution in [0, 0.1) is 0 Å². The van der Waals surface area contributed by atoms with E-state index in [4.69, 9.17) is 0 Å². The molecule has 0 spiro atoms. The molecule has 1 aliphatic rings. The van der Waals surface area contributed by atoms with Crippen molar-refractivity contribution < 1.29 is 0 Å². The van der Waals surface area contributed by atoms with E-state index in [1.54, 1.807) is 0 Å². The number of aromatic nitrogens is 1. The summed E-state index contributed by atoms with van der Waals surface area (Å²) >= 11 is 1.89. The normalized spacial score (nSPS) is 15.2. The zero-order chi connectivity index (χ0) is 22.8. The molecular formula is C31H24N2S. The van der Waals surface area contributed by atoms with Gasteiger partial charge in [-0.05, 0) is 61.0 Å². The number of hydrogen-bond acceptors (Lipinski definition) is 2. The topological polar surface area (TPSA) is 8.17 Å². The Kier molecular flexibility index (Phi) is 4.24. The maximum Gasteiger partial charge on any atom is 0.0541 e. The van der Waals surface area contributed by atoms with Gasteiger partial charge in [-0.15, -0.1) is 11.3 Å². The average Bonchev–Trinajstić information content (AvgIpc) is 3.40. The van der Waals surface area contributed by atoms with Crippen LogP contribution in [0.5, 0.6) is 0 Å². The summed E-state index contributed by atoms with van der Waals surface area (Å²) in [5.74, 6) is 0. The lowest BCUT2D eigenvalue weighted by atomic mass is 9.97. The Morgan fingerprint density at radius 3 is 2.29 bits per heavy atom. The first-order chi connectivity index (χ1) is 16.7. The van der Waals surface area contributed by atoms with Gasteiger partial charge in [0.15, 0.2) is 0 Å². The molecule has 0 radical (unpaired) electrons. The minimum Gasteiger partial charge on any atom is -0.351 e. The molecule has 34 heavy (non-hydrogen) atoms. The lowest BCUT2D eigenvalue weighted by molar-refractivity contribution is 1.04. The fraction of sp³-hybridized carbons (Fsp3) is 0.0968. The fourth-order valence-corrected chi connectivity index (χ4v) is 6.76. The number of para-hydroxylation sites is 2. The van der Waals surface area contributed by atoms with Crippen molar-refractivity contribution >= 4 is 64.6 Å². The molecule has 0 saturated heterocycles. The number of fused-ring (bicyclic) bond motifs is 8. The molecule has 6 aromatic rings. The van der Waals surface area contributed by atoms with Crippen LogP contribution < -0.4 is 4.90 Å². The maximum atomic E-state index is 4.48. The largest absolute Gasteiger partial charge is 0.351 e. The number of rotatable bonds is 1. The highest BCUT2D eigenvalue weighted by atomic mass is 32.1. The van der Waals surface area contributed by atoms with Gasteiger partial charge < -0.3 is 9.47 Å². The lowest BCUT2D eigenvalue weighted by Gasteiger charge is -2.22. The number of benzene rings is 4. The average molecular weight is 457 g/mol. The lowest BCUT2D eigenvalue weighted by Crippen LogP contribution is -2.11. The van der Waals surface area contributed by atoms with Gasteiger partial charge in [0.05, 0.1) is 11.0 Å². The molecule has 3 heteroatoms. The number of anilines is 1. The molecule has 4 aromatic carbocycles. The molecule has 1 aliphatic heterocycles. The molecular weight excluding hydrogens is 432 g/mol. The fourth-order valence-electron chi connectivity index (χ4n) is 5.49. The van der Waals surface area contributed by atoms with Crippen molar-refractivity contribution in [3.8, 4) is 5.69 Å². The van der Waals surface area contributed by atoms with Crippen molar-refractivity contribution in [2.75, 3.05) is 11.9 Å². The van der Waals surface area contributed by atoms with E-state index in [0.717, 1.165) is 12.8 Å². The Morgan fingerprint density at radius 2 is 1.53 bits per heavy atom. The summed E-state index contributed by atoms with van der Waals surface area (Å²) < 4.78 is 5.07. The predicted octanol–water partition coefficient (Wildman–Crippen LogP) is 8.91. The van der Waals surface area contributed by atoms with Crippen molar-refractivity contribution in [1.29, 1.82) is 0 Å². The molecule has 2 nitrogen and oxygen atoms in total. The van der Waals surface area contributed by atoms with Crippen LogP contribution in [0.2, 0.25) is 0 Å². The van der Waals surface area contributed by atoms with E-state index in [0.29, 0.717) is 0 Å². The van der Waals surface area contributed by atoms with Gasteiger partial charge in [-0.2, -0.15) is 0 Å². The van der Waals surface area contributed by atoms with Crippen LogP contribution >= 0.6 is 11.3 Å². The van der Waals surface area contributed by atoms with Crippen LogP contribution in [0.25, 0.3) is 53.2 Å². The van der Waals surface area contributed by atoms with Crippen molar-refractivity contribution in [1.82, 2.24) is 4.57 Å². The molecule has 2 aromatic heterocycles. The van der Waals surface area contributed by atoms with E-state index in [9.17, 15) is 0 Å². The highest BCUT2D eigenvalue weighted by molar-refractivity contribution is 7.26. The van der Waals surface area contributed by atoms with E-state index < -0.39 is 0 Å². The summed E-state index contributed by atoms with van der Waals surface area (Å²) in [6.45, 7) is 4.48. The number of thiophene rings is 1. The monoisotopic (exact) mass is 456 g/mol. The van der Waals surface area contributed by atoms with Gasteiger partial charge in [0, 0.05) is 54.9 Å². The SMILES string of the molecule is C=C1CC/C=C\N(C)c2ccc3c(sc4ccc(-n5c6ccccc6c6ccccc65)cc43)c21. The molecule has 0 fully saturated rings. The Hall–Kier alpha value is -3.82. The number of allylic oxidation sites excluding steroid dienone is 2. The van der Waals surface area contributed by atoms with E-state index in [1.807, 2.05) is 11.3 Å². The highest BCUT2D eigenvalue weighted by Crippen LogP contribution is 2.44. The van der Waals surface area contributed by atoms with Gasteiger partial charge >= 0.3 is 0 Å². The first-order valence-electron chi connectivity index (χ1n) is 11.8. The van der Waals surface area contributed by atoms with E-state index >= 15 is 0 Å². The molecule has 0 unspecified atom stereocenters. The molecule has 0 aliphatic carbocycles. The standard InChI is InChI=1S/C31H24N2S/c1-20-9-7-8-18-32(2)28-16-15-24-25-19-21(14-17-29(25)34-31(24)30(20)28)33-26-12-5-3-10-22(26)23-11-4-6-13-27(23)33/h3-6,8,10-19H,1,7,9H2,2H3/b18-8-. The second kappa shape index (κ2) is 7.34. The maximum absolute atomic E-state index is 4.48. The van der Waals surface area contributed by atoms with Gasteiger partial charge in [-0.1, -0.05) is 55.1 Å². The van der Waals surface area contributed by atoms with Crippen molar-refractivity contribution in [3.05, 3.63) is 103 Å². The Bertz CT molecular complexity index is 1740. The molecule has 164 valence electrons. The summed E-state index contributed by atoms with van der Waals surface area (Å²) in [7, 11) is 2.13. The van der Waals surface area contributed by atoms with E-state index in [1.165, 1.54) is 64.5 Å². The zero-order valence-electron chi connectivity index (χ0n) is 19.1. The molecule has 0 amide bonds. The minimum atomic E-state index is 0.997.